The van der Waals surface area contributed by atoms with Crippen LogP contribution >= 0.6 is 19.4 Å². The van der Waals surface area contributed by atoms with Crippen molar-refractivity contribution in [2.75, 3.05) is 66.7 Å². The minimum atomic E-state index is -4.16. The molecule has 0 radical (unpaired) electrons. The molecule has 0 fully saturated rings. The maximum atomic E-state index is 14.9. The smallest absolute Gasteiger partial charge is 0.357 e. The lowest BCUT2D eigenvalue weighted by Gasteiger charge is -2.29. The van der Waals surface area contributed by atoms with Crippen LogP contribution in [0.4, 0.5) is 4.39 Å². The Morgan fingerprint density at radius 1 is 1.11 bits per heavy atom. The van der Waals surface area contributed by atoms with Crippen LogP contribution in [0.5, 0.6) is 0 Å². The first-order valence-electron chi connectivity index (χ1n) is 10.7. The largest absolute Gasteiger partial charge is 0.459 e. The third kappa shape index (κ3) is 10.3. The standard InChI is InChI=1S/C22H32FN2O8PS/c1-5-30-12-13-31-22(26)18(16-24)21(35-4)25-20(17-8-6-7-9-19(17)23)34(27,32-14-10-28-2)33-15-11-29-3/h6-9,20,25H,5,10-15H2,1-4H3/b21-18+. The number of ether oxygens (including phenoxy) is 4. The zero-order valence-corrected chi connectivity index (χ0v) is 22.0. The lowest BCUT2D eigenvalue weighted by Crippen LogP contribution is -2.26. The molecule has 1 unspecified atom stereocenters. The number of halogens is 1. The SMILES string of the molecule is CCOCCOC(=O)/C(C#N)=C(\NC(c1ccccc1F)P(=O)(OCCOC)OCCOC)SC. The summed E-state index contributed by atoms with van der Waals surface area (Å²) in [5.41, 5.74) is -0.421. The van der Waals surface area contributed by atoms with Crippen LogP contribution in [0.25, 0.3) is 0 Å². The Bertz CT molecular complexity index is 898. The summed E-state index contributed by atoms with van der Waals surface area (Å²) < 4.78 is 60.1. The molecule has 0 aliphatic carbocycles. The van der Waals surface area contributed by atoms with Crippen LogP contribution in [0, 0.1) is 17.1 Å². The van der Waals surface area contributed by atoms with E-state index in [4.69, 9.17) is 28.0 Å². The van der Waals surface area contributed by atoms with E-state index in [-0.39, 0.29) is 55.8 Å². The van der Waals surface area contributed by atoms with Gasteiger partial charge in [-0.15, -0.1) is 11.8 Å². The van der Waals surface area contributed by atoms with Gasteiger partial charge >= 0.3 is 13.6 Å². The van der Waals surface area contributed by atoms with E-state index in [0.717, 1.165) is 11.8 Å². The van der Waals surface area contributed by atoms with E-state index in [1.807, 2.05) is 0 Å². The monoisotopic (exact) mass is 534 g/mol. The summed E-state index contributed by atoms with van der Waals surface area (Å²) in [6.45, 7) is 2.31. The number of carbonyl (C=O) groups excluding carboxylic acids is 1. The van der Waals surface area contributed by atoms with Gasteiger partial charge in [-0.3, -0.25) is 4.57 Å². The molecule has 1 N–H and O–H groups in total. The first-order valence-corrected chi connectivity index (χ1v) is 13.5. The number of nitriles is 1. The van der Waals surface area contributed by atoms with Gasteiger partial charge in [-0.25, -0.2) is 9.18 Å². The highest BCUT2D eigenvalue weighted by Gasteiger charge is 2.40. The first-order chi connectivity index (χ1) is 16.9. The highest BCUT2D eigenvalue weighted by Crippen LogP contribution is 2.60. The van der Waals surface area contributed by atoms with Gasteiger partial charge in [0.2, 0.25) is 0 Å². The van der Waals surface area contributed by atoms with Crippen LogP contribution in [0.15, 0.2) is 34.9 Å². The van der Waals surface area contributed by atoms with Gasteiger partial charge in [-0.05, 0) is 19.2 Å². The number of nitrogens with one attached hydrogen (secondary N) is 1. The zero-order valence-electron chi connectivity index (χ0n) is 20.3. The van der Waals surface area contributed by atoms with Gasteiger partial charge in [-0.1, -0.05) is 18.2 Å². The van der Waals surface area contributed by atoms with Crippen molar-refractivity contribution < 1.29 is 41.7 Å². The van der Waals surface area contributed by atoms with Crippen molar-refractivity contribution in [2.24, 2.45) is 0 Å². The lowest BCUT2D eigenvalue weighted by atomic mass is 10.2. The number of methoxy groups -OCH3 is 2. The summed E-state index contributed by atoms with van der Waals surface area (Å²) >= 11 is 0.986. The van der Waals surface area contributed by atoms with Crippen LogP contribution in [-0.2, 0) is 37.4 Å². The van der Waals surface area contributed by atoms with Gasteiger partial charge in [0.15, 0.2) is 11.4 Å². The van der Waals surface area contributed by atoms with E-state index >= 15 is 0 Å². The second-order valence-corrected chi connectivity index (χ2v) is 9.54. The van der Waals surface area contributed by atoms with Crippen LogP contribution in [0.3, 0.4) is 0 Å². The number of esters is 1. The minimum absolute atomic E-state index is 0.00747. The second kappa shape index (κ2) is 17.5. The summed E-state index contributed by atoms with van der Waals surface area (Å²) in [7, 11) is -1.27. The molecule has 1 rings (SSSR count). The number of hydrogen-bond acceptors (Lipinski definition) is 11. The second-order valence-electron chi connectivity index (χ2n) is 6.61. The van der Waals surface area contributed by atoms with E-state index in [9.17, 15) is 19.0 Å². The number of benzene rings is 1. The van der Waals surface area contributed by atoms with Crippen LogP contribution < -0.4 is 5.32 Å². The van der Waals surface area contributed by atoms with E-state index in [1.54, 1.807) is 25.3 Å². The molecule has 0 saturated carbocycles. The molecular weight excluding hydrogens is 502 g/mol. The van der Waals surface area contributed by atoms with Gasteiger partial charge in [-0.2, -0.15) is 5.26 Å². The summed E-state index contributed by atoms with van der Waals surface area (Å²) in [5.74, 6) is -3.00. The fourth-order valence-corrected chi connectivity index (χ4v) is 5.19. The highest BCUT2D eigenvalue weighted by molar-refractivity contribution is 8.02. The van der Waals surface area contributed by atoms with E-state index in [2.05, 4.69) is 5.32 Å². The topological polar surface area (TPSA) is 125 Å². The third-order valence-electron chi connectivity index (χ3n) is 4.31. The minimum Gasteiger partial charge on any atom is -0.459 e. The molecule has 1 aromatic rings. The Morgan fingerprint density at radius 2 is 1.74 bits per heavy atom. The molecule has 0 aromatic heterocycles. The molecule has 0 heterocycles. The van der Waals surface area contributed by atoms with Crippen LogP contribution in [-0.4, -0.2) is 72.7 Å². The summed E-state index contributed by atoms with van der Waals surface area (Å²) in [4.78, 5) is 12.5. The molecule has 0 spiro atoms. The number of rotatable bonds is 18. The Morgan fingerprint density at radius 3 is 2.26 bits per heavy atom. The molecule has 196 valence electrons. The fourth-order valence-electron chi connectivity index (χ4n) is 2.66. The Labute approximate surface area is 209 Å². The third-order valence-corrected chi connectivity index (χ3v) is 7.17. The van der Waals surface area contributed by atoms with Gasteiger partial charge < -0.3 is 33.3 Å². The number of carbonyl (C=O) groups is 1. The molecule has 13 heteroatoms. The molecule has 35 heavy (non-hydrogen) atoms. The van der Waals surface area contributed by atoms with E-state index in [1.165, 1.54) is 32.4 Å². The Hall–Kier alpha value is -1.97. The van der Waals surface area contributed by atoms with Gasteiger partial charge in [0.25, 0.3) is 0 Å². The summed E-state index contributed by atoms with van der Waals surface area (Å²) in [6.07, 6.45) is 1.59. The first kappa shape index (κ1) is 31.1. The van der Waals surface area contributed by atoms with Crippen LogP contribution in [0.1, 0.15) is 18.3 Å². The lowest BCUT2D eigenvalue weighted by molar-refractivity contribution is -0.140. The van der Waals surface area contributed by atoms with Crippen molar-refractivity contribution in [1.82, 2.24) is 5.32 Å². The summed E-state index contributed by atoms with van der Waals surface area (Å²) in [6, 6.07) is 7.42. The molecule has 0 bridgehead atoms. The van der Waals surface area contributed by atoms with Crippen molar-refractivity contribution in [3.63, 3.8) is 0 Å². The molecule has 0 aliphatic rings. The van der Waals surface area contributed by atoms with Crippen molar-refractivity contribution in [3.05, 3.63) is 46.2 Å². The quantitative estimate of drug-likeness (QED) is 0.0976. The highest BCUT2D eigenvalue weighted by atomic mass is 32.2. The van der Waals surface area contributed by atoms with Crippen molar-refractivity contribution in [1.29, 1.82) is 5.26 Å². The van der Waals surface area contributed by atoms with Crippen LogP contribution in [0.2, 0.25) is 0 Å². The zero-order chi connectivity index (χ0) is 26.1. The molecular formula is C22H32FN2O8PS. The van der Waals surface area contributed by atoms with Crippen molar-refractivity contribution in [3.8, 4) is 6.07 Å². The Kier molecular flexibility index (Phi) is 15.5. The normalized spacial score (nSPS) is 13.0. The van der Waals surface area contributed by atoms with Gasteiger partial charge in [0.05, 0.1) is 38.1 Å². The number of hydrogen-bond donors (Lipinski definition) is 1. The molecule has 0 saturated heterocycles. The van der Waals surface area contributed by atoms with E-state index < -0.39 is 25.2 Å². The fraction of sp³-hybridized carbons (Fsp3) is 0.545. The summed E-state index contributed by atoms with van der Waals surface area (Å²) in [5, 5.41) is 12.5. The van der Waals surface area contributed by atoms with Crippen molar-refractivity contribution >= 4 is 25.3 Å². The van der Waals surface area contributed by atoms with Crippen molar-refractivity contribution in [2.45, 2.75) is 12.7 Å². The molecule has 0 amide bonds. The Balaban J connectivity index is 3.44. The average Bonchev–Trinajstić information content (AvgIpc) is 2.85. The number of nitrogens with zero attached hydrogens (tertiary/aromatic N) is 1. The average molecular weight is 535 g/mol. The maximum Gasteiger partial charge on any atom is 0.357 e. The predicted octanol–water partition coefficient (Wildman–Crippen LogP) is 3.61. The van der Waals surface area contributed by atoms with Gasteiger partial charge in [0, 0.05) is 26.4 Å². The molecule has 10 nitrogen and oxygen atoms in total. The van der Waals surface area contributed by atoms with E-state index in [0.29, 0.717) is 6.61 Å². The number of thioether (sulfide) groups is 1. The molecule has 1 aromatic carbocycles. The predicted molar refractivity (Wildman–Crippen MR) is 129 cm³/mol. The van der Waals surface area contributed by atoms with Gasteiger partial charge in [0.1, 0.15) is 18.5 Å². The molecule has 1 atom stereocenters. The maximum absolute atomic E-state index is 14.9. The molecule has 0 aliphatic heterocycles.